The van der Waals surface area contributed by atoms with E-state index in [4.69, 9.17) is 15.2 Å². The number of anilines is 2. The van der Waals surface area contributed by atoms with Crippen molar-refractivity contribution >= 4 is 17.3 Å². The molecule has 0 unspecified atom stereocenters. The van der Waals surface area contributed by atoms with Crippen LogP contribution in [0.4, 0.5) is 11.4 Å². The number of hydrogen-bond donors (Lipinski definition) is 1. The van der Waals surface area contributed by atoms with E-state index in [2.05, 4.69) is 0 Å². The van der Waals surface area contributed by atoms with Crippen molar-refractivity contribution in [3.63, 3.8) is 0 Å². The minimum atomic E-state index is -0.167. The van der Waals surface area contributed by atoms with Gasteiger partial charge in [-0.25, -0.2) is 0 Å². The van der Waals surface area contributed by atoms with Crippen molar-refractivity contribution in [3.05, 3.63) is 48.0 Å². The van der Waals surface area contributed by atoms with Crippen molar-refractivity contribution in [2.45, 2.75) is 0 Å². The SMILES string of the molecule is COc1ccc(C(=O)N(C)c2ccc(N)cc2)c(OC)c1. The molecule has 0 heterocycles. The monoisotopic (exact) mass is 286 g/mol. The van der Waals surface area contributed by atoms with Crippen molar-refractivity contribution in [1.29, 1.82) is 0 Å². The summed E-state index contributed by atoms with van der Waals surface area (Å²) in [4.78, 5) is 14.1. The summed E-state index contributed by atoms with van der Waals surface area (Å²) in [6.07, 6.45) is 0. The number of nitrogen functional groups attached to an aromatic ring is 1. The van der Waals surface area contributed by atoms with Crippen LogP contribution in [0.25, 0.3) is 0 Å². The minimum absolute atomic E-state index is 0.167. The second-order valence-electron chi connectivity index (χ2n) is 4.52. The molecule has 110 valence electrons. The molecular weight excluding hydrogens is 268 g/mol. The van der Waals surface area contributed by atoms with Gasteiger partial charge >= 0.3 is 0 Å². The Kier molecular flexibility index (Phi) is 4.33. The Balaban J connectivity index is 2.32. The number of rotatable bonds is 4. The van der Waals surface area contributed by atoms with E-state index in [-0.39, 0.29) is 5.91 Å². The highest BCUT2D eigenvalue weighted by molar-refractivity contribution is 6.07. The van der Waals surface area contributed by atoms with Crippen molar-refractivity contribution in [2.75, 3.05) is 31.9 Å². The Hall–Kier alpha value is -2.69. The van der Waals surface area contributed by atoms with Crippen molar-refractivity contribution < 1.29 is 14.3 Å². The molecule has 5 nitrogen and oxygen atoms in total. The summed E-state index contributed by atoms with van der Waals surface area (Å²) < 4.78 is 10.4. The third-order valence-corrected chi connectivity index (χ3v) is 3.22. The summed E-state index contributed by atoms with van der Waals surface area (Å²) in [7, 11) is 4.79. The molecule has 5 heteroatoms. The van der Waals surface area contributed by atoms with Crippen molar-refractivity contribution in [1.82, 2.24) is 0 Å². The van der Waals surface area contributed by atoms with Crippen LogP contribution in [-0.2, 0) is 0 Å². The number of ether oxygens (including phenoxy) is 2. The van der Waals surface area contributed by atoms with Gasteiger partial charge in [-0.1, -0.05) is 0 Å². The number of carbonyl (C=O) groups excluding carboxylic acids is 1. The smallest absolute Gasteiger partial charge is 0.261 e. The lowest BCUT2D eigenvalue weighted by molar-refractivity contribution is 0.0990. The third-order valence-electron chi connectivity index (χ3n) is 3.22. The zero-order valence-electron chi connectivity index (χ0n) is 12.3. The van der Waals surface area contributed by atoms with Gasteiger partial charge in [-0.05, 0) is 36.4 Å². The topological polar surface area (TPSA) is 64.8 Å². The lowest BCUT2D eigenvalue weighted by Crippen LogP contribution is -2.26. The predicted octanol–water partition coefficient (Wildman–Crippen LogP) is 2.56. The molecule has 0 aromatic heterocycles. The minimum Gasteiger partial charge on any atom is -0.497 e. The molecule has 0 aliphatic carbocycles. The molecule has 2 N–H and O–H groups in total. The van der Waals surface area contributed by atoms with Gasteiger partial charge in [0.2, 0.25) is 0 Å². The van der Waals surface area contributed by atoms with Crippen LogP contribution in [-0.4, -0.2) is 27.2 Å². The zero-order valence-corrected chi connectivity index (χ0v) is 12.3. The molecule has 2 aromatic rings. The molecule has 1 amide bonds. The fourth-order valence-electron chi connectivity index (χ4n) is 1.97. The van der Waals surface area contributed by atoms with Crippen LogP contribution in [0.2, 0.25) is 0 Å². The summed E-state index contributed by atoms with van der Waals surface area (Å²) in [5, 5.41) is 0. The summed E-state index contributed by atoms with van der Waals surface area (Å²) in [6.45, 7) is 0. The van der Waals surface area contributed by atoms with E-state index in [1.54, 1.807) is 61.5 Å². The molecule has 2 rings (SSSR count). The van der Waals surface area contributed by atoms with Crippen LogP contribution in [0.5, 0.6) is 11.5 Å². The molecule has 2 aromatic carbocycles. The van der Waals surface area contributed by atoms with Gasteiger partial charge < -0.3 is 20.1 Å². The maximum atomic E-state index is 12.6. The molecule has 0 spiro atoms. The van der Waals surface area contributed by atoms with Crippen LogP contribution >= 0.6 is 0 Å². The first kappa shape index (κ1) is 14.7. The van der Waals surface area contributed by atoms with Crippen LogP contribution in [0.3, 0.4) is 0 Å². The molecule has 0 fully saturated rings. The van der Waals surface area contributed by atoms with E-state index in [0.29, 0.717) is 22.7 Å². The molecule has 0 saturated carbocycles. The van der Waals surface area contributed by atoms with Gasteiger partial charge in [0.1, 0.15) is 11.5 Å². The average molecular weight is 286 g/mol. The second-order valence-corrected chi connectivity index (χ2v) is 4.52. The van der Waals surface area contributed by atoms with E-state index in [0.717, 1.165) is 5.69 Å². The Morgan fingerprint density at radius 3 is 2.29 bits per heavy atom. The van der Waals surface area contributed by atoms with Crippen LogP contribution in [0.1, 0.15) is 10.4 Å². The van der Waals surface area contributed by atoms with Gasteiger partial charge in [-0.3, -0.25) is 4.79 Å². The quantitative estimate of drug-likeness (QED) is 0.877. The largest absolute Gasteiger partial charge is 0.497 e. The van der Waals surface area contributed by atoms with Crippen LogP contribution in [0.15, 0.2) is 42.5 Å². The normalized spacial score (nSPS) is 10.0. The maximum Gasteiger partial charge on any atom is 0.261 e. The van der Waals surface area contributed by atoms with Gasteiger partial charge in [0, 0.05) is 24.5 Å². The van der Waals surface area contributed by atoms with Gasteiger partial charge in [-0.2, -0.15) is 0 Å². The number of methoxy groups -OCH3 is 2. The lowest BCUT2D eigenvalue weighted by atomic mass is 10.1. The molecule has 0 radical (unpaired) electrons. The van der Waals surface area contributed by atoms with Gasteiger partial charge in [0.25, 0.3) is 5.91 Å². The average Bonchev–Trinajstić information content (AvgIpc) is 2.53. The number of hydrogen-bond acceptors (Lipinski definition) is 4. The predicted molar refractivity (Wildman–Crippen MR) is 83.1 cm³/mol. The van der Waals surface area contributed by atoms with Crippen LogP contribution < -0.4 is 20.1 Å². The molecule has 0 aliphatic rings. The van der Waals surface area contributed by atoms with Gasteiger partial charge in [-0.15, -0.1) is 0 Å². The van der Waals surface area contributed by atoms with E-state index < -0.39 is 0 Å². The Morgan fingerprint density at radius 1 is 1.05 bits per heavy atom. The number of nitrogens with two attached hydrogens (primary N) is 1. The molecule has 0 bridgehead atoms. The third kappa shape index (κ3) is 3.08. The fraction of sp³-hybridized carbons (Fsp3) is 0.188. The summed E-state index contributed by atoms with van der Waals surface area (Å²) >= 11 is 0. The Bertz CT molecular complexity index is 638. The number of carbonyl (C=O) groups is 1. The first-order chi connectivity index (χ1) is 10.1. The molecule has 0 saturated heterocycles. The van der Waals surface area contributed by atoms with E-state index >= 15 is 0 Å². The van der Waals surface area contributed by atoms with Crippen LogP contribution in [0, 0.1) is 0 Å². The van der Waals surface area contributed by atoms with Crippen molar-refractivity contribution in [2.24, 2.45) is 0 Å². The molecule has 0 atom stereocenters. The van der Waals surface area contributed by atoms with E-state index in [1.165, 1.54) is 7.11 Å². The Labute approximate surface area is 123 Å². The first-order valence-corrected chi connectivity index (χ1v) is 6.42. The van der Waals surface area contributed by atoms with Gasteiger partial charge in [0.05, 0.1) is 19.8 Å². The lowest BCUT2D eigenvalue weighted by Gasteiger charge is -2.19. The van der Waals surface area contributed by atoms with Crippen molar-refractivity contribution in [3.8, 4) is 11.5 Å². The maximum absolute atomic E-state index is 12.6. The highest BCUT2D eigenvalue weighted by Gasteiger charge is 2.18. The zero-order chi connectivity index (χ0) is 15.4. The van der Waals surface area contributed by atoms with E-state index in [9.17, 15) is 4.79 Å². The highest BCUT2D eigenvalue weighted by Crippen LogP contribution is 2.27. The number of nitrogens with zero attached hydrogens (tertiary/aromatic N) is 1. The number of amides is 1. The second kappa shape index (κ2) is 6.17. The molecule has 0 aliphatic heterocycles. The van der Waals surface area contributed by atoms with Gasteiger partial charge in [0.15, 0.2) is 0 Å². The highest BCUT2D eigenvalue weighted by atomic mass is 16.5. The summed E-state index contributed by atoms with van der Waals surface area (Å²) in [5.74, 6) is 0.944. The first-order valence-electron chi connectivity index (χ1n) is 6.42. The Morgan fingerprint density at radius 2 is 1.71 bits per heavy atom. The summed E-state index contributed by atoms with van der Waals surface area (Å²) in [6, 6.07) is 12.2. The van der Waals surface area contributed by atoms with E-state index in [1.807, 2.05) is 0 Å². The number of benzene rings is 2. The molecule has 21 heavy (non-hydrogen) atoms. The summed E-state index contributed by atoms with van der Waals surface area (Å²) in [5.41, 5.74) is 7.54. The molecular formula is C16H18N2O3. The standard InChI is InChI=1S/C16H18N2O3/c1-18(12-6-4-11(17)5-7-12)16(19)14-9-8-13(20-2)10-15(14)21-3/h4-10H,17H2,1-3H3. The fourth-order valence-corrected chi connectivity index (χ4v) is 1.97.